The summed E-state index contributed by atoms with van der Waals surface area (Å²) in [6.07, 6.45) is 4.40. The molecule has 48 heavy (non-hydrogen) atoms. The topological polar surface area (TPSA) is 68.3 Å². The minimum absolute atomic E-state index is 0.473. The molecule has 0 saturated heterocycles. The van der Waals surface area contributed by atoms with Crippen molar-refractivity contribution in [2.45, 2.75) is 135 Å². The summed E-state index contributed by atoms with van der Waals surface area (Å²) < 4.78 is 12.5. The van der Waals surface area contributed by atoms with Crippen LogP contribution in [0.25, 0.3) is 0 Å². The van der Waals surface area contributed by atoms with E-state index in [1.807, 2.05) is 13.8 Å². The van der Waals surface area contributed by atoms with Crippen LogP contribution in [0.3, 0.4) is 0 Å². The van der Waals surface area contributed by atoms with Gasteiger partial charge in [0.1, 0.15) is 11.5 Å². The van der Waals surface area contributed by atoms with Gasteiger partial charge in [0.25, 0.3) is 0 Å². The van der Waals surface area contributed by atoms with Crippen molar-refractivity contribution >= 4 is 11.4 Å². The molecule has 6 nitrogen and oxygen atoms in total. The van der Waals surface area contributed by atoms with E-state index in [2.05, 4.69) is 140 Å². The molecule has 4 aromatic rings. The van der Waals surface area contributed by atoms with Gasteiger partial charge in [-0.05, 0) is 129 Å². The number of nitrogens with zero attached hydrogens (tertiary/aromatic N) is 2. The largest absolute Gasteiger partial charge is 0.438 e. The second kappa shape index (κ2) is 17.4. The summed E-state index contributed by atoms with van der Waals surface area (Å²) in [5.74, 6) is 3.21. The van der Waals surface area contributed by atoms with Gasteiger partial charge in [0, 0.05) is 46.0 Å². The first-order chi connectivity index (χ1) is 22.7. The molecule has 0 aliphatic heterocycles. The van der Waals surface area contributed by atoms with Gasteiger partial charge in [-0.15, -0.1) is 0 Å². The van der Waals surface area contributed by atoms with Crippen LogP contribution in [-0.2, 0) is 0 Å². The molecule has 2 aromatic carbocycles. The van der Waals surface area contributed by atoms with Gasteiger partial charge in [-0.1, -0.05) is 63.1 Å². The van der Waals surface area contributed by atoms with Crippen LogP contribution < -0.4 is 20.1 Å². The van der Waals surface area contributed by atoms with Crippen molar-refractivity contribution in [3.8, 4) is 23.3 Å². The van der Waals surface area contributed by atoms with Gasteiger partial charge in [0.2, 0.25) is 11.8 Å². The molecule has 2 N–H and O–H groups in total. The Hall–Kier alpha value is -4.06. The number of hydrogen-bond acceptors (Lipinski definition) is 6. The molecule has 0 aliphatic carbocycles. The standard InChI is InChI=1S/2C21H30N2O/c2*1-8-18(9-2)23-19-12-16(6)22-21(17(19)7)24-20-14(4)10-13(3)11-15(20)5/h2*10-12,18H,8-9H2,1-7H3,(H,22,23). The van der Waals surface area contributed by atoms with Gasteiger partial charge in [-0.2, -0.15) is 0 Å². The van der Waals surface area contributed by atoms with E-state index in [-0.39, 0.29) is 0 Å². The average Bonchev–Trinajstić information content (AvgIpc) is 3.02. The number of benzene rings is 2. The van der Waals surface area contributed by atoms with Crippen LogP contribution in [0, 0.1) is 69.2 Å². The highest BCUT2D eigenvalue weighted by Crippen LogP contribution is 2.35. The van der Waals surface area contributed by atoms with E-state index in [0.29, 0.717) is 23.8 Å². The first-order valence-corrected chi connectivity index (χ1v) is 17.7. The normalized spacial score (nSPS) is 11.0. The molecule has 0 fully saturated rings. The van der Waals surface area contributed by atoms with Gasteiger partial charge in [0.05, 0.1) is 0 Å². The number of hydrogen-bond donors (Lipinski definition) is 2. The highest BCUT2D eigenvalue weighted by Gasteiger charge is 2.16. The maximum atomic E-state index is 6.24. The Balaban J connectivity index is 0.000000260. The average molecular weight is 653 g/mol. The summed E-state index contributed by atoms with van der Waals surface area (Å²) in [5, 5.41) is 7.26. The number of nitrogens with one attached hydrogen (secondary N) is 2. The van der Waals surface area contributed by atoms with Crippen molar-refractivity contribution in [2.24, 2.45) is 0 Å². The number of rotatable bonds is 12. The molecule has 0 radical (unpaired) electrons. The molecule has 0 amide bonds. The van der Waals surface area contributed by atoms with Crippen molar-refractivity contribution in [2.75, 3.05) is 10.6 Å². The number of anilines is 2. The first-order valence-electron chi connectivity index (χ1n) is 17.7. The maximum absolute atomic E-state index is 6.24. The van der Waals surface area contributed by atoms with Gasteiger partial charge in [-0.25, -0.2) is 9.97 Å². The summed E-state index contributed by atoms with van der Waals surface area (Å²) in [4.78, 5) is 9.26. The van der Waals surface area contributed by atoms with Crippen molar-refractivity contribution in [1.82, 2.24) is 9.97 Å². The van der Waals surface area contributed by atoms with Crippen LogP contribution in [0.2, 0.25) is 0 Å². The molecule has 6 heteroatoms. The molecule has 0 atom stereocenters. The number of ether oxygens (including phenoxy) is 2. The Kier molecular flexibility index (Phi) is 13.9. The third-order valence-electron chi connectivity index (χ3n) is 9.01. The highest BCUT2D eigenvalue weighted by atomic mass is 16.5. The summed E-state index contributed by atoms with van der Waals surface area (Å²) in [6.45, 7) is 29.6. The van der Waals surface area contributed by atoms with Crippen LogP contribution in [0.5, 0.6) is 23.3 Å². The Morgan fingerprint density at radius 2 is 0.771 bits per heavy atom. The van der Waals surface area contributed by atoms with E-state index in [1.54, 1.807) is 0 Å². The van der Waals surface area contributed by atoms with Crippen LogP contribution >= 0.6 is 0 Å². The van der Waals surface area contributed by atoms with Crippen LogP contribution in [0.15, 0.2) is 36.4 Å². The van der Waals surface area contributed by atoms with Crippen molar-refractivity contribution in [3.05, 3.63) is 92.3 Å². The van der Waals surface area contributed by atoms with E-state index in [4.69, 9.17) is 9.47 Å². The SMILES string of the molecule is CCC(CC)Nc1cc(C)nc(Oc2c(C)cc(C)cc2C)c1C.CCC(CC)Nc1cc(C)nc(Oc2c(C)cc(C)cc2C)c1C. The van der Waals surface area contributed by atoms with Gasteiger partial charge in [-0.3, -0.25) is 0 Å². The molecule has 0 unspecified atom stereocenters. The van der Waals surface area contributed by atoms with Crippen molar-refractivity contribution in [3.63, 3.8) is 0 Å². The number of aryl methyl sites for hydroxylation is 8. The first kappa shape index (κ1) is 38.4. The fourth-order valence-corrected chi connectivity index (χ4v) is 6.19. The Morgan fingerprint density at radius 3 is 1.04 bits per heavy atom. The monoisotopic (exact) mass is 652 g/mol. The van der Waals surface area contributed by atoms with E-state index in [0.717, 1.165) is 93.3 Å². The molecule has 2 aromatic heterocycles. The number of aromatic nitrogens is 2. The van der Waals surface area contributed by atoms with Crippen molar-refractivity contribution < 1.29 is 9.47 Å². The lowest BCUT2D eigenvalue weighted by atomic mass is 10.1. The predicted octanol–water partition coefficient (Wildman–Crippen LogP) is 12.0. The minimum Gasteiger partial charge on any atom is -0.438 e. The molecule has 2 heterocycles. The Morgan fingerprint density at radius 1 is 0.479 bits per heavy atom. The van der Waals surface area contributed by atoms with E-state index in [9.17, 15) is 0 Å². The lowest BCUT2D eigenvalue weighted by molar-refractivity contribution is 0.450. The molecular weight excluding hydrogens is 592 g/mol. The van der Waals surface area contributed by atoms with Gasteiger partial charge in [0.15, 0.2) is 0 Å². The van der Waals surface area contributed by atoms with Gasteiger partial charge < -0.3 is 20.1 Å². The molecule has 0 saturated carbocycles. The quantitative estimate of drug-likeness (QED) is 0.159. The Bertz CT molecular complexity index is 1520. The zero-order valence-electron chi connectivity index (χ0n) is 32.2. The lowest BCUT2D eigenvalue weighted by Crippen LogP contribution is -2.18. The summed E-state index contributed by atoms with van der Waals surface area (Å²) >= 11 is 0. The highest BCUT2D eigenvalue weighted by molar-refractivity contribution is 5.58. The third-order valence-corrected chi connectivity index (χ3v) is 9.01. The molecule has 260 valence electrons. The smallest absolute Gasteiger partial charge is 0.224 e. The molecular formula is C42H60N4O2. The second-order valence-electron chi connectivity index (χ2n) is 13.5. The second-order valence-corrected chi connectivity index (χ2v) is 13.5. The lowest BCUT2D eigenvalue weighted by Gasteiger charge is -2.20. The summed E-state index contributed by atoms with van der Waals surface area (Å²) in [7, 11) is 0. The van der Waals surface area contributed by atoms with Gasteiger partial charge >= 0.3 is 0 Å². The fourth-order valence-electron chi connectivity index (χ4n) is 6.19. The Labute approximate surface area is 291 Å². The van der Waals surface area contributed by atoms with E-state index < -0.39 is 0 Å². The zero-order valence-corrected chi connectivity index (χ0v) is 32.2. The molecule has 0 spiro atoms. The molecule has 4 rings (SSSR count). The fraction of sp³-hybridized carbons (Fsp3) is 0.476. The number of pyridine rings is 2. The van der Waals surface area contributed by atoms with Crippen LogP contribution in [0.1, 0.15) is 109 Å². The van der Waals surface area contributed by atoms with Crippen LogP contribution in [-0.4, -0.2) is 22.1 Å². The molecule has 0 aliphatic rings. The third kappa shape index (κ3) is 9.98. The summed E-state index contributed by atoms with van der Waals surface area (Å²) in [5.41, 5.74) is 13.4. The predicted molar refractivity (Wildman–Crippen MR) is 205 cm³/mol. The van der Waals surface area contributed by atoms with E-state index >= 15 is 0 Å². The van der Waals surface area contributed by atoms with Crippen LogP contribution in [0.4, 0.5) is 11.4 Å². The van der Waals surface area contributed by atoms with Crippen molar-refractivity contribution in [1.29, 1.82) is 0 Å². The minimum atomic E-state index is 0.473. The summed E-state index contributed by atoms with van der Waals surface area (Å²) in [6, 6.07) is 13.8. The van der Waals surface area contributed by atoms with E-state index in [1.165, 1.54) is 11.1 Å². The zero-order chi connectivity index (χ0) is 35.7. The molecule has 0 bridgehead atoms. The maximum Gasteiger partial charge on any atom is 0.224 e.